The number of nitrogens with one attached hydrogen (secondary N) is 1. The number of anilines is 1. The van der Waals surface area contributed by atoms with Crippen LogP contribution in [0.25, 0.3) is 0 Å². The second-order valence-electron chi connectivity index (χ2n) is 8.46. The zero-order valence-corrected chi connectivity index (χ0v) is 20.0. The third-order valence-electron chi connectivity index (χ3n) is 5.86. The van der Waals surface area contributed by atoms with Gasteiger partial charge < -0.3 is 5.32 Å². The summed E-state index contributed by atoms with van der Waals surface area (Å²) in [5.74, 6) is -0.565. The number of benzene rings is 3. The first kappa shape index (κ1) is 23.2. The van der Waals surface area contributed by atoms with Crippen LogP contribution in [0.3, 0.4) is 0 Å². The number of halogens is 1. The van der Waals surface area contributed by atoms with Gasteiger partial charge in [-0.2, -0.15) is 0 Å². The van der Waals surface area contributed by atoms with Gasteiger partial charge in [-0.1, -0.05) is 74.0 Å². The summed E-state index contributed by atoms with van der Waals surface area (Å²) in [5.41, 5.74) is 5.44. The molecule has 1 heterocycles. The molecule has 3 aromatic carbocycles. The van der Waals surface area contributed by atoms with Gasteiger partial charge in [-0.3, -0.25) is 14.7 Å². The number of carbonyl (C=O) groups excluding carboxylic acids is 1. The summed E-state index contributed by atoms with van der Waals surface area (Å²) >= 11 is 6.15. The number of aliphatic imine (C=N–C) groups is 1. The minimum atomic E-state index is -0.482. The van der Waals surface area contributed by atoms with E-state index in [0.717, 1.165) is 60.7 Å². The number of hydrogen-bond acceptors (Lipinski definition) is 3. The Bertz CT molecular complexity index is 1120. The standard InChI is InChI=1S/C28H30ClN3O/c1-3-16-32(17-4-2)19-20-10-13-23(14-11-20)30-27(21-8-6-5-7-9-21)26-24-15-12-22(29)18-25(24)31-28(26)33/h5-15,18,26H,3-4,16-17,19H2,1-2H3,(H,31,33). The van der Waals surface area contributed by atoms with E-state index in [2.05, 4.69) is 36.2 Å². The lowest BCUT2D eigenvalue weighted by Crippen LogP contribution is -2.24. The van der Waals surface area contributed by atoms with Crippen LogP contribution < -0.4 is 5.32 Å². The molecular weight excluding hydrogens is 430 g/mol. The molecule has 1 aliphatic rings. The fourth-order valence-electron chi connectivity index (χ4n) is 4.39. The fourth-order valence-corrected chi connectivity index (χ4v) is 4.56. The number of carbonyl (C=O) groups is 1. The van der Waals surface area contributed by atoms with Gasteiger partial charge in [-0.15, -0.1) is 0 Å². The molecule has 33 heavy (non-hydrogen) atoms. The number of rotatable bonds is 9. The molecule has 4 nitrogen and oxygen atoms in total. The molecule has 0 aromatic heterocycles. The van der Waals surface area contributed by atoms with Crippen molar-refractivity contribution in [2.45, 2.75) is 39.2 Å². The molecule has 0 fully saturated rings. The van der Waals surface area contributed by atoms with Crippen molar-refractivity contribution in [2.75, 3.05) is 18.4 Å². The summed E-state index contributed by atoms with van der Waals surface area (Å²) in [6.07, 6.45) is 2.30. The fraction of sp³-hybridized carbons (Fsp3) is 0.286. The molecule has 0 radical (unpaired) electrons. The molecule has 0 aliphatic carbocycles. The quantitative estimate of drug-likeness (QED) is 0.357. The minimum absolute atomic E-state index is 0.0822. The molecule has 1 aliphatic heterocycles. The monoisotopic (exact) mass is 459 g/mol. The van der Waals surface area contributed by atoms with Crippen LogP contribution in [0.15, 0.2) is 77.8 Å². The van der Waals surface area contributed by atoms with Crippen LogP contribution in [0.4, 0.5) is 11.4 Å². The lowest BCUT2D eigenvalue weighted by atomic mass is 9.90. The van der Waals surface area contributed by atoms with Crippen LogP contribution in [-0.2, 0) is 11.3 Å². The van der Waals surface area contributed by atoms with E-state index in [1.165, 1.54) is 5.56 Å². The van der Waals surface area contributed by atoms with Gasteiger partial charge in [0.1, 0.15) is 5.92 Å². The van der Waals surface area contributed by atoms with E-state index in [1.54, 1.807) is 6.07 Å². The Morgan fingerprint density at radius 3 is 2.33 bits per heavy atom. The normalized spacial score (nSPS) is 15.6. The van der Waals surface area contributed by atoms with E-state index in [9.17, 15) is 4.79 Å². The molecule has 5 heteroatoms. The zero-order valence-electron chi connectivity index (χ0n) is 19.2. The van der Waals surface area contributed by atoms with Crippen LogP contribution in [0.2, 0.25) is 5.02 Å². The molecule has 0 bridgehead atoms. The van der Waals surface area contributed by atoms with Gasteiger partial charge in [0.15, 0.2) is 0 Å². The first-order chi connectivity index (χ1) is 16.1. The van der Waals surface area contributed by atoms with Crippen LogP contribution in [0, 0.1) is 0 Å². The molecule has 1 amide bonds. The molecule has 0 saturated carbocycles. The lowest BCUT2D eigenvalue weighted by molar-refractivity contribution is -0.115. The minimum Gasteiger partial charge on any atom is -0.325 e. The van der Waals surface area contributed by atoms with Gasteiger partial charge in [0.25, 0.3) is 0 Å². The van der Waals surface area contributed by atoms with Crippen molar-refractivity contribution in [1.29, 1.82) is 0 Å². The topological polar surface area (TPSA) is 44.7 Å². The van der Waals surface area contributed by atoms with Crippen LogP contribution in [-0.4, -0.2) is 29.6 Å². The van der Waals surface area contributed by atoms with Crippen molar-refractivity contribution in [2.24, 2.45) is 4.99 Å². The number of hydrogen-bond donors (Lipinski definition) is 1. The Kier molecular flexibility index (Phi) is 7.58. The molecule has 1 atom stereocenters. The zero-order chi connectivity index (χ0) is 23.2. The predicted octanol–water partition coefficient (Wildman–Crippen LogP) is 6.82. The van der Waals surface area contributed by atoms with Crippen molar-refractivity contribution in [3.8, 4) is 0 Å². The Labute approximate surface area is 201 Å². The van der Waals surface area contributed by atoms with Crippen molar-refractivity contribution in [3.63, 3.8) is 0 Å². The molecule has 170 valence electrons. The Morgan fingerprint density at radius 1 is 0.970 bits per heavy atom. The predicted molar refractivity (Wildman–Crippen MR) is 138 cm³/mol. The van der Waals surface area contributed by atoms with Gasteiger partial charge >= 0.3 is 0 Å². The Balaban J connectivity index is 1.67. The van der Waals surface area contributed by atoms with E-state index < -0.39 is 5.92 Å². The summed E-state index contributed by atoms with van der Waals surface area (Å²) in [5, 5.41) is 3.57. The Hall–Kier alpha value is -2.95. The highest BCUT2D eigenvalue weighted by Crippen LogP contribution is 2.37. The average molecular weight is 460 g/mol. The van der Waals surface area contributed by atoms with E-state index in [0.29, 0.717) is 5.02 Å². The highest BCUT2D eigenvalue weighted by atomic mass is 35.5. The van der Waals surface area contributed by atoms with Gasteiger partial charge in [-0.05, 0) is 66.9 Å². The van der Waals surface area contributed by atoms with Crippen molar-refractivity contribution in [3.05, 3.63) is 94.5 Å². The maximum Gasteiger partial charge on any atom is 0.238 e. The van der Waals surface area contributed by atoms with Gasteiger partial charge in [0, 0.05) is 17.3 Å². The lowest BCUT2D eigenvalue weighted by Gasteiger charge is -2.21. The third-order valence-corrected chi connectivity index (χ3v) is 6.10. The largest absolute Gasteiger partial charge is 0.325 e. The molecule has 0 spiro atoms. The summed E-state index contributed by atoms with van der Waals surface area (Å²) < 4.78 is 0. The molecular formula is C28H30ClN3O. The molecule has 1 N–H and O–H groups in total. The van der Waals surface area contributed by atoms with E-state index >= 15 is 0 Å². The van der Waals surface area contributed by atoms with Crippen molar-refractivity contribution >= 4 is 34.6 Å². The molecule has 4 rings (SSSR count). The van der Waals surface area contributed by atoms with Crippen LogP contribution in [0.1, 0.15) is 49.3 Å². The highest BCUT2D eigenvalue weighted by Gasteiger charge is 2.35. The average Bonchev–Trinajstić information content (AvgIpc) is 3.14. The van der Waals surface area contributed by atoms with Crippen LogP contribution >= 0.6 is 11.6 Å². The van der Waals surface area contributed by atoms with E-state index in [-0.39, 0.29) is 5.91 Å². The van der Waals surface area contributed by atoms with Crippen molar-refractivity contribution in [1.82, 2.24) is 4.90 Å². The molecule has 1 unspecified atom stereocenters. The summed E-state index contributed by atoms with van der Waals surface area (Å²) in [4.78, 5) is 20.5. The van der Waals surface area contributed by atoms with Gasteiger partial charge in [0.05, 0.1) is 11.4 Å². The molecule has 0 saturated heterocycles. The third kappa shape index (κ3) is 5.52. The number of amides is 1. The number of nitrogens with zero attached hydrogens (tertiary/aromatic N) is 2. The summed E-state index contributed by atoms with van der Waals surface area (Å²) in [6, 6.07) is 23.8. The van der Waals surface area contributed by atoms with E-state index in [1.807, 2.05) is 54.6 Å². The van der Waals surface area contributed by atoms with E-state index in [4.69, 9.17) is 16.6 Å². The maximum absolute atomic E-state index is 13.0. The number of fused-ring (bicyclic) bond motifs is 1. The highest BCUT2D eigenvalue weighted by molar-refractivity contribution is 6.31. The second-order valence-corrected chi connectivity index (χ2v) is 8.90. The maximum atomic E-state index is 13.0. The summed E-state index contributed by atoms with van der Waals surface area (Å²) in [6.45, 7) is 7.59. The smallest absolute Gasteiger partial charge is 0.238 e. The first-order valence-corrected chi connectivity index (χ1v) is 12.0. The van der Waals surface area contributed by atoms with Gasteiger partial charge in [-0.25, -0.2) is 0 Å². The van der Waals surface area contributed by atoms with Crippen molar-refractivity contribution < 1.29 is 4.79 Å². The van der Waals surface area contributed by atoms with Crippen LogP contribution in [0.5, 0.6) is 0 Å². The summed E-state index contributed by atoms with van der Waals surface area (Å²) in [7, 11) is 0. The SMILES string of the molecule is CCCN(CCC)Cc1ccc(N=C(c2ccccc2)C2C(=O)Nc3cc(Cl)ccc32)cc1. The Morgan fingerprint density at radius 2 is 1.67 bits per heavy atom. The first-order valence-electron chi connectivity index (χ1n) is 11.6. The van der Waals surface area contributed by atoms with Gasteiger partial charge in [0.2, 0.25) is 5.91 Å². The molecule has 3 aromatic rings. The second kappa shape index (κ2) is 10.8.